The molecular weight excluding hydrogens is 132 g/mol. The molecule has 0 aliphatic heterocycles. The van der Waals surface area contributed by atoms with Crippen LogP contribution in [-0.2, 0) is 9.53 Å². The van der Waals surface area contributed by atoms with Crippen molar-refractivity contribution in [3.63, 3.8) is 0 Å². The first-order chi connectivity index (χ1) is 4.68. The summed E-state index contributed by atoms with van der Waals surface area (Å²) in [4.78, 5) is 10.1. The number of carbonyl (C=O) groups is 1. The van der Waals surface area contributed by atoms with Gasteiger partial charge in [-0.1, -0.05) is 6.92 Å². The van der Waals surface area contributed by atoms with Crippen LogP contribution in [0.1, 0.15) is 20.3 Å². The molecule has 0 aromatic heterocycles. The van der Waals surface area contributed by atoms with Crippen molar-refractivity contribution >= 4 is 5.97 Å². The topological polar surface area (TPSA) is 49.4 Å². The highest BCUT2D eigenvalue weighted by molar-refractivity contribution is 5.66. The smallest absolute Gasteiger partial charge is 0.0472 e. The number of carbonyl (C=O) groups excluding carboxylic acids is 1. The largest absolute Gasteiger partial charge is 0.550 e. The minimum absolute atomic E-state index is 0.397. The maximum Gasteiger partial charge on any atom is 0.0472 e. The molecule has 0 bridgehead atoms. The molecule has 0 aliphatic carbocycles. The molecule has 0 N–H and O–H groups in total. The first-order valence-corrected chi connectivity index (χ1v) is 3.47. The van der Waals surface area contributed by atoms with Crippen LogP contribution in [0, 0.1) is 5.92 Å². The summed E-state index contributed by atoms with van der Waals surface area (Å²) in [5.74, 6) is -1.40. The molecule has 0 amide bonds. The number of hydrogen-bond donors (Lipinski definition) is 0. The number of rotatable bonds is 5. The SMILES string of the molecule is CCOCCC(C)C(=O)[O-]. The Kier molecular flexibility index (Phi) is 4.94. The summed E-state index contributed by atoms with van der Waals surface area (Å²) in [5, 5.41) is 10.1. The molecule has 0 aliphatic rings. The second kappa shape index (κ2) is 5.23. The lowest BCUT2D eigenvalue weighted by Gasteiger charge is -2.11. The van der Waals surface area contributed by atoms with Crippen LogP contribution in [0.2, 0.25) is 0 Å². The van der Waals surface area contributed by atoms with E-state index in [1.54, 1.807) is 6.92 Å². The van der Waals surface area contributed by atoms with Crippen LogP contribution in [0.5, 0.6) is 0 Å². The molecule has 3 heteroatoms. The van der Waals surface area contributed by atoms with Gasteiger partial charge in [0.2, 0.25) is 0 Å². The van der Waals surface area contributed by atoms with Gasteiger partial charge in [-0.3, -0.25) is 0 Å². The maximum atomic E-state index is 10.1. The Hall–Kier alpha value is -0.570. The van der Waals surface area contributed by atoms with Crippen molar-refractivity contribution < 1.29 is 14.6 Å². The van der Waals surface area contributed by atoms with Crippen molar-refractivity contribution in [2.24, 2.45) is 5.92 Å². The number of carboxylic acids is 1. The third kappa shape index (κ3) is 4.32. The summed E-state index contributed by atoms with van der Waals surface area (Å²) in [5.41, 5.74) is 0. The highest BCUT2D eigenvalue weighted by Crippen LogP contribution is 1.99. The van der Waals surface area contributed by atoms with E-state index >= 15 is 0 Å². The Morgan fingerprint density at radius 3 is 2.70 bits per heavy atom. The molecule has 0 rings (SSSR count). The zero-order valence-corrected chi connectivity index (χ0v) is 6.42. The molecule has 10 heavy (non-hydrogen) atoms. The van der Waals surface area contributed by atoms with Gasteiger partial charge in [-0.05, 0) is 19.3 Å². The van der Waals surface area contributed by atoms with Crippen LogP contribution >= 0.6 is 0 Å². The second-order valence-corrected chi connectivity index (χ2v) is 2.21. The molecule has 60 valence electrons. The molecule has 0 saturated heterocycles. The standard InChI is InChI=1S/C7H14O3/c1-3-10-5-4-6(2)7(8)9/h6H,3-5H2,1-2H3,(H,8,9)/p-1. The van der Waals surface area contributed by atoms with E-state index in [1.165, 1.54) is 0 Å². The Morgan fingerprint density at radius 2 is 2.30 bits per heavy atom. The summed E-state index contributed by atoms with van der Waals surface area (Å²) in [7, 11) is 0. The monoisotopic (exact) mass is 145 g/mol. The van der Waals surface area contributed by atoms with Crippen molar-refractivity contribution in [2.45, 2.75) is 20.3 Å². The van der Waals surface area contributed by atoms with Gasteiger partial charge in [-0.2, -0.15) is 0 Å². The predicted octanol–water partition coefficient (Wildman–Crippen LogP) is -0.201. The average molecular weight is 145 g/mol. The van der Waals surface area contributed by atoms with Crippen LogP contribution in [0.25, 0.3) is 0 Å². The molecule has 0 radical (unpaired) electrons. The van der Waals surface area contributed by atoms with Crippen LogP contribution in [0.4, 0.5) is 0 Å². The number of aliphatic carboxylic acids is 1. The van der Waals surface area contributed by atoms with Crippen LogP contribution in [0.15, 0.2) is 0 Å². The molecule has 0 aromatic rings. The first-order valence-electron chi connectivity index (χ1n) is 3.47. The lowest BCUT2D eigenvalue weighted by molar-refractivity contribution is -0.311. The lowest BCUT2D eigenvalue weighted by Crippen LogP contribution is -2.30. The van der Waals surface area contributed by atoms with E-state index in [-0.39, 0.29) is 0 Å². The summed E-state index contributed by atoms with van der Waals surface area (Å²) < 4.78 is 4.96. The molecule has 0 saturated carbocycles. The summed E-state index contributed by atoms with van der Waals surface area (Å²) in [6.45, 7) is 4.64. The Bertz CT molecular complexity index is 101. The van der Waals surface area contributed by atoms with Crippen molar-refractivity contribution in [3.8, 4) is 0 Å². The van der Waals surface area contributed by atoms with Crippen LogP contribution in [0.3, 0.4) is 0 Å². The minimum Gasteiger partial charge on any atom is -0.550 e. The first kappa shape index (κ1) is 9.43. The highest BCUT2D eigenvalue weighted by Gasteiger charge is 2.00. The molecule has 3 nitrogen and oxygen atoms in total. The van der Waals surface area contributed by atoms with E-state index < -0.39 is 11.9 Å². The number of hydrogen-bond acceptors (Lipinski definition) is 3. The number of carboxylic acid groups (broad SMARTS) is 1. The van der Waals surface area contributed by atoms with E-state index in [1.807, 2.05) is 6.92 Å². The van der Waals surface area contributed by atoms with Crippen molar-refractivity contribution in [1.82, 2.24) is 0 Å². The van der Waals surface area contributed by atoms with E-state index in [2.05, 4.69) is 0 Å². The minimum atomic E-state index is -1.00. The maximum absolute atomic E-state index is 10.1. The quantitative estimate of drug-likeness (QED) is 0.503. The molecule has 0 heterocycles. The Balaban J connectivity index is 3.21. The highest BCUT2D eigenvalue weighted by atomic mass is 16.5. The fraction of sp³-hybridized carbons (Fsp3) is 0.857. The third-order valence-corrected chi connectivity index (χ3v) is 1.30. The molecule has 0 aromatic carbocycles. The van der Waals surface area contributed by atoms with Crippen molar-refractivity contribution in [2.75, 3.05) is 13.2 Å². The summed E-state index contributed by atoms with van der Waals surface area (Å²) in [6.07, 6.45) is 0.538. The average Bonchev–Trinajstić information content (AvgIpc) is 1.88. The van der Waals surface area contributed by atoms with E-state index in [9.17, 15) is 9.90 Å². The fourth-order valence-corrected chi connectivity index (χ4v) is 0.522. The van der Waals surface area contributed by atoms with Gasteiger partial charge in [-0.15, -0.1) is 0 Å². The zero-order chi connectivity index (χ0) is 7.98. The van der Waals surface area contributed by atoms with Gasteiger partial charge in [-0.25, -0.2) is 0 Å². The summed E-state index contributed by atoms with van der Waals surface area (Å²) in [6, 6.07) is 0. The number of ether oxygens (including phenoxy) is 1. The van der Waals surface area contributed by atoms with Gasteiger partial charge in [0, 0.05) is 19.2 Å². The zero-order valence-electron chi connectivity index (χ0n) is 6.42. The van der Waals surface area contributed by atoms with E-state index in [0.717, 1.165) is 0 Å². The van der Waals surface area contributed by atoms with Gasteiger partial charge in [0.1, 0.15) is 0 Å². The second-order valence-electron chi connectivity index (χ2n) is 2.21. The predicted molar refractivity (Wildman–Crippen MR) is 35.3 cm³/mol. The van der Waals surface area contributed by atoms with E-state index in [4.69, 9.17) is 4.74 Å². The lowest BCUT2D eigenvalue weighted by atomic mass is 10.1. The van der Waals surface area contributed by atoms with Gasteiger partial charge in [0.15, 0.2) is 0 Å². The molecule has 1 atom stereocenters. The molecule has 0 spiro atoms. The van der Waals surface area contributed by atoms with Crippen LogP contribution < -0.4 is 5.11 Å². The molecular formula is C7H13O3-. The van der Waals surface area contributed by atoms with Gasteiger partial charge in [0.05, 0.1) is 0 Å². The van der Waals surface area contributed by atoms with Crippen molar-refractivity contribution in [3.05, 3.63) is 0 Å². The normalized spacial score (nSPS) is 13.0. The van der Waals surface area contributed by atoms with Gasteiger partial charge in [0.25, 0.3) is 0 Å². The Labute approximate surface area is 61.0 Å². The third-order valence-electron chi connectivity index (χ3n) is 1.30. The fourth-order valence-electron chi connectivity index (χ4n) is 0.522. The van der Waals surface area contributed by atoms with E-state index in [0.29, 0.717) is 19.6 Å². The van der Waals surface area contributed by atoms with Gasteiger partial charge >= 0.3 is 0 Å². The van der Waals surface area contributed by atoms with Crippen molar-refractivity contribution in [1.29, 1.82) is 0 Å². The summed E-state index contributed by atoms with van der Waals surface area (Å²) >= 11 is 0. The molecule has 0 fully saturated rings. The van der Waals surface area contributed by atoms with Crippen LogP contribution in [-0.4, -0.2) is 19.2 Å². The molecule has 1 unspecified atom stereocenters. The Morgan fingerprint density at radius 1 is 1.70 bits per heavy atom. The van der Waals surface area contributed by atoms with Gasteiger partial charge < -0.3 is 14.6 Å².